The van der Waals surface area contributed by atoms with Gasteiger partial charge in [0, 0.05) is 5.56 Å². The summed E-state index contributed by atoms with van der Waals surface area (Å²) in [5, 5.41) is 8.65. The van der Waals surface area contributed by atoms with Crippen molar-refractivity contribution in [3.63, 3.8) is 0 Å². The van der Waals surface area contributed by atoms with E-state index in [9.17, 15) is 26.7 Å². The summed E-state index contributed by atoms with van der Waals surface area (Å²) in [6, 6.07) is 0.210. The van der Waals surface area contributed by atoms with Crippen molar-refractivity contribution in [2.45, 2.75) is 12.6 Å². The van der Waals surface area contributed by atoms with Crippen LogP contribution in [0.25, 0.3) is 0 Å². The molecule has 9 heteroatoms. The van der Waals surface area contributed by atoms with Crippen LogP contribution < -0.4 is 4.74 Å². The second-order valence-electron chi connectivity index (χ2n) is 3.09. The number of aromatic nitrogens is 1. The van der Waals surface area contributed by atoms with Gasteiger partial charge in [0.1, 0.15) is 5.56 Å². The molecule has 0 fully saturated rings. The summed E-state index contributed by atoms with van der Waals surface area (Å²) in [4.78, 5) is 13.5. The molecule has 1 aromatic heterocycles. The number of carboxylic acid groups (broad SMARTS) is 1. The second kappa shape index (κ2) is 4.75. The van der Waals surface area contributed by atoms with Crippen molar-refractivity contribution >= 4 is 5.97 Å². The van der Waals surface area contributed by atoms with E-state index in [4.69, 9.17) is 5.11 Å². The molecule has 1 heterocycles. The molecule has 0 saturated heterocycles. The van der Waals surface area contributed by atoms with Gasteiger partial charge in [-0.25, -0.2) is 18.6 Å². The fourth-order valence-electron chi connectivity index (χ4n) is 1.21. The lowest BCUT2D eigenvalue weighted by Crippen LogP contribution is -2.15. The number of halogens is 5. The number of carboxylic acids is 1. The predicted octanol–water partition coefficient (Wildman–Crippen LogP) is 2.74. The van der Waals surface area contributed by atoms with Gasteiger partial charge in [-0.1, -0.05) is 0 Å². The fraction of sp³-hybridized carbons (Fsp3) is 0.333. The molecule has 0 aliphatic carbocycles. The van der Waals surface area contributed by atoms with Crippen molar-refractivity contribution in [2.75, 3.05) is 7.11 Å². The van der Waals surface area contributed by atoms with Crippen LogP contribution in [0.5, 0.6) is 5.88 Å². The summed E-state index contributed by atoms with van der Waals surface area (Å²) < 4.78 is 66.6. The van der Waals surface area contributed by atoms with Gasteiger partial charge >= 0.3 is 12.1 Å². The molecule has 100 valence electrons. The Morgan fingerprint density at radius 2 is 2.00 bits per heavy atom. The highest BCUT2D eigenvalue weighted by Gasteiger charge is 2.39. The molecule has 0 aliphatic rings. The minimum Gasteiger partial charge on any atom is -0.480 e. The van der Waals surface area contributed by atoms with E-state index >= 15 is 0 Å². The second-order valence-corrected chi connectivity index (χ2v) is 3.09. The van der Waals surface area contributed by atoms with Gasteiger partial charge in [0.2, 0.25) is 5.88 Å². The average molecular weight is 271 g/mol. The summed E-state index contributed by atoms with van der Waals surface area (Å²) in [5.41, 5.74) is -4.22. The van der Waals surface area contributed by atoms with Gasteiger partial charge in [0.05, 0.1) is 7.11 Å². The molecule has 0 atom stereocenters. The normalized spacial score (nSPS) is 11.7. The van der Waals surface area contributed by atoms with E-state index < -0.39 is 41.3 Å². The standard InChI is InChI=1S/C9H6F5NO3/c1-18-7-4(8(16)17)2-3(6(10)11)5(15-7)9(12,13)14/h2,6H,1H3,(H,16,17). The summed E-state index contributed by atoms with van der Waals surface area (Å²) in [5.74, 6) is -2.59. The monoisotopic (exact) mass is 271 g/mol. The molecule has 1 aromatic rings. The van der Waals surface area contributed by atoms with Gasteiger partial charge in [-0.2, -0.15) is 13.2 Å². The maximum atomic E-state index is 12.5. The first-order valence-corrected chi connectivity index (χ1v) is 4.36. The fourth-order valence-corrected chi connectivity index (χ4v) is 1.21. The van der Waals surface area contributed by atoms with Crippen molar-refractivity contribution in [2.24, 2.45) is 0 Å². The van der Waals surface area contributed by atoms with Crippen molar-refractivity contribution < 1.29 is 36.6 Å². The van der Waals surface area contributed by atoms with Crippen LogP contribution in [0, 0.1) is 0 Å². The SMILES string of the molecule is COc1nc(C(F)(F)F)c(C(F)F)cc1C(=O)O. The minimum absolute atomic E-state index is 0.210. The van der Waals surface area contributed by atoms with Crippen LogP contribution in [0.1, 0.15) is 28.0 Å². The molecule has 1 rings (SSSR count). The Morgan fingerprint density at radius 1 is 1.44 bits per heavy atom. The molecule has 0 bridgehead atoms. The Hall–Kier alpha value is -1.93. The van der Waals surface area contributed by atoms with E-state index in [0.29, 0.717) is 0 Å². The van der Waals surface area contributed by atoms with Gasteiger partial charge in [-0.15, -0.1) is 0 Å². The van der Waals surface area contributed by atoms with E-state index in [2.05, 4.69) is 9.72 Å². The van der Waals surface area contributed by atoms with Gasteiger partial charge in [0.15, 0.2) is 5.69 Å². The Morgan fingerprint density at radius 3 is 2.33 bits per heavy atom. The molecule has 4 nitrogen and oxygen atoms in total. The Balaban J connectivity index is 3.57. The summed E-state index contributed by atoms with van der Waals surface area (Å²) in [6.07, 6.45) is -8.63. The first kappa shape index (κ1) is 14.1. The summed E-state index contributed by atoms with van der Waals surface area (Å²) >= 11 is 0. The number of nitrogens with zero attached hydrogens (tertiary/aromatic N) is 1. The number of hydrogen-bond donors (Lipinski definition) is 1. The lowest BCUT2D eigenvalue weighted by atomic mass is 10.1. The van der Waals surface area contributed by atoms with Gasteiger partial charge in [-0.3, -0.25) is 0 Å². The highest BCUT2D eigenvalue weighted by Crippen LogP contribution is 2.37. The van der Waals surface area contributed by atoms with Crippen LogP contribution in [-0.4, -0.2) is 23.2 Å². The summed E-state index contributed by atoms with van der Waals surface area (Å²) in [6.45, 7) is 0. The van der Waals surface area contributed by atoms with Crippen LogP contribution in [0.4, 0.5) is 22.0 Å². The number of aromatic carboxylic acids is 1. The lowest BCUT2D eigenvalue weighted by molar-refractivity contribution is -0.143. The maximum Gasteiger partial charge on any atom is 0.433 e. The van der Waals surface area contributed by atoms with Crippen LogP contribution in [0.2, 0.25) is 0 Å². The molecular weight excluding hydrogens is 265 g/mol. The maximum absolute atomic E-state index is 12.5. The van der Waals surface area contributed by atoms with E-state index in [1.807, 2.05) is 0 Å². The zero-order valence-electron chi connectivity index (χ0n) is 8.76. The third-order valence-corrected chi connectivity index (χ3v) is 1.94. The number of rotatable bonds is 3. The van der Waals surface area contributed by atoms with Gasteiger partial charge in [0.25, 0.3) is 6.43 Å². The zero-order chi connectivity index (χ0) is 14.1. The molecule has 18 heavy (non-hydrogen) atoms. The van der Waals surface area contributed by atoms with Gasteiger partial charge in [-0.05, 0) is 6.07 Å². The zero-order valence-corrected chi connectivity index (χ0v) is 8.76. The molecule has 1 N–H and O–H groups in total. The first-order chi connectivity index (χ1) is 8.18. The molecule has 0 amide bonds. The molecule has 0 aliphatic heterocycles. The van der Waals surface area contributed by atoms with Crippen LogP contribution in [0.15, 0.2) is 6.07 Å². The Kier molecular flexibility index (Phi) is 3.73. The topological polar surface area (TPSA) is 59.4 Å². The molecule has 0 spiro atoms. The third kappa shape index (κ3) is 2.66. The van der Waals surface area contributed by atoms with Crippen LogP contribution in [0.3, 0.4) is 0 Å². The van der Waals surface area contributed by atoms with E-state index in [1.165, 1.54) is 0 Å². The number of ether oxygens (including phenoxy) is 1. The molecule has 0 aromatic carbocycles. The van der Waals surface area contributed by atoms with Crippen molar-refractivity contribution in [1.82, 2.24) is 4.98 Å². The van der Waals surface area contributed by atoms with E-state index in [0.717, 1.165) is 7.11 Å². The van der Waals surface area contributed by atoms with Crippen LogP contribution in [-0.2, 0) is 6.18 Å². The minimum atomic E-state index is -5.13. The van der Waals surface area contributed by atoms with Crippen molar-refractivity contribution in [1.29, 1.82) is 0 Å². The van der Waals surface area contributed by atoms with Crippen molar-refractivity contribution in [3.8, 4) is 5.88 Å². The highest BCUT2D eigenvalue weighted by atomic mass is 19.4. The van der Waals surface area contributed by atoms with E-state index in [-0.39, 0.29) is 6.07 Å². The number of pyridine rings is 1. The molecular formula is C9H6F5NO3. The molecule has 0 radical (unpaired) electrons. The average Bonchev–Trinajstić information content (AvgIpc) is 2.25. The first-order valence-electron chi connectivity index (χ1n) is 4.36. The van der Waals surface area contributed by atoms with Crippen molar-refractivity contribution in [3.05, 3.63) is 22.9 Å². The quantitative estimate of drug-likeness (QED) is 0.859. The molecule has 0 unspecified atom stereocenters. The largest absolute Gasteiger partial charge is 0.480 e. The number of alkyl halides is 5. The third-order valence-electron chi connectivity index (χ3n) is 1.94. The van der Waals surface area contributed by atoms with Gasteiger partial charge < -0.3 is 9.84 Å². The Labute approximate surface area is 97.0 Å². The Bertz CT molecular complexity index is 472. The highest BCUT2D eigenvalue weighted by molar-refractivity contribution is 5.90. The van der Waals surface area contributed by atoms with E-state index in [1.54, 1.807) is 0 Å². The number of hydrogen-bond acceptors (Lipinski definition) is 3. The van der Waals surface area contributed by atoms with Crippen LogP contribution >= 0.6 is 0 Å². The number of carbonyl (C=O) groups is 1. The number of methoxy groups -OCH3 is 1. The molecule has 0 saturated carbocycles. The summed E-state index contributed by atoms with van der Waals surface area (Å²) in [7, 11) is 0.886. The lowest BCUT2D eigenvalue weighted by Gasteiger charge is -2.14. The predicted molar refractivity (Wildman–Crippen MR) is 47.7 cm³/mol. The smallest absolute Gasteiger partial charge is 0.433 e.